The van der Waals surface area contributed by atoms with Crippen LogP contribution >= 0.6 is 11.6 Å². The van der Waals surface area contributed by atoms with Crippen molar-refractivity contribution in [2.24, 2.45) is 0 Å². The molecular formula is C18H14ClF3N4O4. The van der Waals surface area contributed by atoms with Gasteiger partial charge in [0.1, 0.15) is 17.3 Å². The number of fused-ring (bicyclic) bond motifs is 1. The van der Waals surface area contributed by atoms with Crippen LogP contribution in [-0.2, 0) is 15.7 Å². The molecule has 3 rings (SSSR count). The van der Waals surface area contributed by atoms with Crippen molar-refractivity contribution in [1.82, 2.24) is 19.9 Å². The monoisotopic (exact) mass is 442 g/mol. The average Bonchev–Trinajstić information content (AvgIpc) is 3.06. The molecule has 0 atom stereocenters. The first kappa shape index (κ1) is 21.4. The maximum absolute atomic E-state index is 13.7. The topological polar surface area (TPSA) is 94.8 Å². The zero-order chi connectivity index (χ0) is 22.1. The van der Waals surface area contributed by atoms with Crippen LogP contribution < -0.4 is 10.1 Å². The second-order valence-corrected chi connectivity index (χ2v) is 6.29. The zero-order valence-corrected chi connectivity index (χ0v) is 16.3. The molecule has 0 fully saturated rings. The van der Waals surface area contributed by atoms with Crippen molar-refractivity contribution in [3.8, 4) is 17.0 Å². The number of methoxy groups -OCH3 is 2. The molecule has 0 saturated heterocycles. The number of aromatic nitrogens is 3. The van der Waals surface area contributed by atoms with Crippen molar-refractivity contribution in [3.05, 3.63) is 46.7 Å². The van der Waals surface area contributed by atoms with Gasteiger partial charge in [0.05, 0.1) is 19.9 Å². The van der Waals surface area contributed by atoms with Crippen LogP contribution in [0.15, 0.2) is 30.3 Å². The molecule has 0 radical (unpaired) electrons. The van der Waals surface area contributed by atoms with Gasteiger partial charge in [-0.3, -0.25) is 9.59 Å². The van der Waals surface area contributed by atoms with Crippen molar-refractivity contribution < 1.29 is 32.2 Å². The van der Waals surface area contributed by atoms with E-state index in [9.17, 15) is 22.8 Å². The molecule has 0 aliphatic carbocycles. The SMILES string of the molecule is COC(=O)CNC(=O)c1nn2c(C(F)(F)F)cc(-c3cccc(OC)c3)nc2c1Cl. The highest BCUT2D eigenvalue weighted by atomic mass is 35.5. The largest absolute Gasteiger partial charge is 0.497 e. The normalized spacial score (nSPS) is 11.4. The summed E-state index contributed by atoms with van der Waals surface area (Å²) >= 11 is 6.13. The maximum Gasteiger partial charge on any atom is 0.433 e. The smallest absolute Gasteiger partial charge is 0.433 e. The Morgan fingerprint density at radius 2 is 1.97 bits per heavy atom. The van der Waals surface area contributed by atoms with Crippen LogP contribution in [0, 0.1) is 0 Å². The third-order valence-corrected chi connectivity index (χ3v) is 4.37. The molecule has 30 heavy (non-hydrogen) atoms. The van der Waals surface area contributed by atoms with E-state index in [0.29, 0.717) is 15.8 Å². The van der Waals surface area contributed by atoms with E-state index in [1.807, 2.05) is 0 Å². The number of hydrogen-bond acceptors (Lipinski definition) is 6. The van der Waals surface area contributed by atoms with Gasteiger partial charge >= 0.3 is 12.1 Å². The zero-order valence-electron chi connectivity index (χ0n) is 15.6. The van der Waals surface area contributed by atoms with E-state index in [1.54, 1.807) is 18.2 Å². The Bertz CT molecular complexity index is 1130. The minimum absolute atomic E-state index is 0.0444. The van der Waals surface area contributed by atoms with E-state index < -0.39 is 41.0 Å². The molecule has 2 heterocycles. The minimum atomic E-state index is -4.82. The molecule has 158 valence electrons. The fourth-order valence-electron chi connectivity index (χ4n) is 2.58. The molecule has 2 aromatic heterocycles. The van der Waals surface area contributed by atoms with Gasteiger partial charge in [0.25, 0.3) is 5.91 Å². The van der Waals surface area contributed by atoms with Gasteiger partial charge in [-0.05, 0) is 18.2 Å². The summed E-state index contributed by atoms with van der Waals surface area (Å²) in [5.41, 5.74) is -1.76. The fourth-order valence-corrected chi connectivity index (χ4v) is 2.82. The van der Waals surface area contributed by atoms with Crippen molar-refractivity contribution in [2.45, 2.75) is 6.18 Å². The molecule has 8 nitrogen and oxygen atoms in total. The lowest BCUT2D eigenvalue weighted by molar-refractivity contribution is -0.142. The number of benzene rings is 1. The first-order valence-corrected chi connectivity index (χ1v) is 8.69. The van der Waals surface area contributed by atoms with Gasteiger partial charge < -0.3 is 14.8 Å². The minimum Gasteiger partial charge on any atom is -0.497 e. The van der Waals surface area contributed by atoms with Crippen LogP contribution in [-0.4, -0.2) is 47.2 Å². The highest BCUT2D eigenvalue weighted by molar-refractivity contribution is 6.36. The summed E-state index contributed by atoms with van der Waals surface area (Å²) in [6, 6.07) is 7.07. The van der Waals surface area contributed by atoms with Crippen molar-refractivity contribution in [2.75, 3.05) is 20.8 Å². The Kier molecular flexibility index (Phi) is 5.83. The fraction of sp³-hybridized carbons (Fsp3) is 0.222. The quantitative estimate of drug-likeness (QED) is 0.610. The lowest BCUT2D eigenvalue weighted by Crippen LogP contribution is -2.30. The summed E-state index contributed by atoms with van der Waals surface area (Å²) in [6.45, 7) is -0.506. The summed E-state index contributed by atoms with van der Waals surface area (Å²) in [4.78, 5) is 27.6. The number of alkyl halides is 3. The van der Waals surface area contributed by atoms with E-state index in [1.165, 1.54) is 13.2 Å². The third kappa shape index (κ3) is 4.15. The van der Waals surface area contributed by atoms with E-state index in [2.05, 4.69) is 20.1 Å². The first-order chi connectivity index (χ1) is 14.2. The van der Waals surface area contributed by atoms with Gasteiger partial charge in [-0.15, -0.1) is 0 Å². The molecule has 0 spiro atoms. The highest BCUT2D eigenvalue weighted by Crippen LogP contribution is 2.35. The van der Waals surface area contributed by atoms with Gasteiger partial charge in [0.15, 0.2) is 17.0 Å². The lowest BCUT2D eigenvalue weighted by Gasteiger charge is -2.11. The molecule has 0 unspecified atom stereocenters. The number of nitrogens with one attached hydrogen (secondary N) is 1. The molecule has 0 aliphatic heterocycles. The second kappa shape index (κ2) is 8.19. The molecule has 0 bridgehead atoms. The molecule has 3 aromatic rings. The Hall–Kier alpha value is -3.34. The predicted molar refractivity (Wildman–Crippen MR) is 99.3 cm³/mol. The molecule has 1 N–H and O–H groups in total. The third-order valence-electron chi connectivity index (χ3n) is 4.02. The summed E-state index contributed by atoms with van der Waals surface area (Å²) in [5, 5.41) is 5.44. The Balaban J connectivity index is 2.15. The maximum atomic E-state index is 13.7. The number of carbonyl (C=O) groups excluding carboxylic acids is 2. The Morgan fingerprint density at radius 1 is 1.23 bits per heavy atom. The number of halogens is 4. The van der Waals surface area contributed by atoms with Crippen molar-refractivity contribution in [1.29, 1.82) is 0 Å². The van der Waals surface area contributed by atoms with Crippen LogP contribution in [0.4, 0.5) is 13.2 Å². The van der Waals surface area contributed by atoms with E-state index in [4.69, 9.17) is 16.3 Å². The van der Waals surface area contributed by atoms with Gasteiger partial charge in [-0.1, -0.05) is 23.7 Å². The van der Waals surface area contributed by atoms with E-state index in [-0.39, 0.29) is 11.3 Å². The van der Waals surface area contributed by atoms with Gasteiger partial charge in [-0.25, -0.2) is 9.50 Å². The number of rotatable bonds is 5. The Labute approximate surface area is 172 Å². The van der Waals surface area contributed by atoms with Gasteiger partial charge in [-0.2, -0.15) is 18.3 Å². The summed E-state index contributed by atoms with van der Waals surface area (Å²) < 4.78 is 51.0. The Morgan fingerprint density at radius 3 is 2.60 bits per heavy atom. The summed E-state index contributed by atoms with van der Waals surface area (Å²) in [5.74, 6) is -1.28. The van der Waals surface area contributed by atoms with Crippen LogP contribution in [0.5, 0.6) is 5.75 Å². The standard InChI is InChI=1S/C18H14ClF3N4O4/c1-29-10-5-3-4-9(6-10)11-7-12(18(20,21)22)26-16(24-11)14(19)15(25-26)17(28)23-8-13(27)30-2/h3-7H,8H2,1-2H3,(H,23,28). The molecule has 0 aliphatic rings. The second-order valence-electron chi connectivity index (χ2n) is 5.91. The number of ether oxygens (including phenoxy) is 2. The summed E-state index contributed by atoms with van der Waals surface area (Å²) in [7, 11) is 2.54. The molecular weight excluding hydrogens is 429 g/mol. The molecule has 1 amide bonds. The number of nitrogens with zero attached hydrogens (tertiary/aromatic N) is 3. The molecule has 0 saturated carbocycles. The number of esters is 1. The number of hydrogen-bond donors (Lipinski definition) is 1. The van der Waals surface area contributed by atoms with Crippen LogP contribution in [0.3, 0.4) is 0 Å². The van der Waals surface area contributed by atoms with Crippen LogP contribution in [0.2, 0.25) is 5.02 Å². The van der Waals surface area contributed by atoms with Gasteiger partial charge in [0.2, 0.25) is 0 Å². The van der Waals surface area contributed by atoms with Crippen molar-refractivity contribution >= 4 is 29.1 Å². The average molecular weight is 443 g/mol. The number of amides is 1. The van der Waals surface area contributed by atoms with E-state index in [0.717, 1.165) is 13.2 Å². The molecule has 12 heteroatoms. The predicted octanol–water partition coefficient (Wildman–Crippen LogP) is 2.98. The highest BCUT2D eigenvalue weighted by Gasteiger charge is 2.36. The number of carbonyl (C=O) groups is 2. The van der Waals surface area contributed by atoms with E-state index >= 15 is 0 Å². The van der Waals surface area contributed by atoms with Crippen LogP contribution in [0.25, 0.3) is 16.9 Å². The van der Waals surface area contributed by atoms with Crippen molar-refractivity contribution in [3.63, 3.8) is 0 Å². The van der Waals surface area contributed by atoms with Gasteiger partial charge in [0, 0.05) is 5.56 Å². The van der Waals surface area contributed by atoms with Crippen LogP contribution in [0.1, 0.15) is 16.2 Å². The lowest BCUT2D eigenvalue weighted by atomic mass is 10.1. The summed E-state index contributed by atoms with van der Waals surface area (Å²) in [6.07, 6.45) is -4.82. The first-order valence-electron chi connectivity index (χ1n) is 8.31. The molecule has 1 aromatic carbocycles.